The molecule has 2 rings (SSSR count). The van der Waals surface area contributed by atoms with Gasteiger partial charge in [-0.3, -0.25) is 9.69 Å². The fourth-order valence-electron chi connectivity index (χ4n) is 2.40. The lowest BCUT2D eigenvalue weighted by Crippen LogP contribution is -2.39. The van der Waals surface area contributed by atoms with E-state index < -0.39 is 0 Å². The van der Waals surface area contributed by atoms with E-state index in [-0.39, 0.29) is 17.2 Å². The molecular weight excluding hydrogens is 300 g/mol. The first-order valence-electron chi connectivity index (χ1n) is 7.75. The van der Waals surface area contributed by atoms with Gasteiger partial charge in [0.1, 0.15) is 0 Å². The molecule has 0 spiro atoms. The van der Waals surface area contributed by atoms with E-state index in [0.717, 1.165) is 35.9 Å². The van der Waals surface area contributed by atoms with Gasteiger partial charge in [-0.15, -0.1) is 0 Å². The minimum absolute atomic E-state index is 0.152. The lowest BCUT2D eigenvalue weighted by molar-refractivity contribution is -0.126. The van der Waals surface area contributed by atoms with Crippen LogP contribution in [0.5, 0.6) is 0 Å². The summed E-state index contributed by atoms with van der Waals surface area (Å²) < 4.78 is 2.18. The van der Waals surface area contributed by atoms with Gasteiger partial charge >= 0.3 is 6.03 Å². The Morgan fingerprint density at radius 1 is 1.45 bits per heavy atom. The number of urea groups is 1. The lowest BCUT2D eigenvalue weighted by atomic mass is 10.3. The van der Waals surface area contributed by atoms with Gasteiger partial charge < -0.3 is 9.88 Å². The summed E-state index contributed by atoms with van der Waals surface area (Å²) in [6, 6.07) is -0.292. The third kappa shape index (κ3) is 3.45. The molecule has 1 atom stereocenters. The van der Waals surface area contributed by atoms with Crippen molar-refractivity contribution in [2.45, 2.75) is 57.5 Å². The number of rotatable bonds is 6. The molecule has 0 radical (unpaired) electrons. The van der Waals surface area contributed by atoms with Gasteiger partial charge in [-0.2, -0.15) is 0 Å². The number of hydrogen-bond donors (Lipinski definition) is 1. The molecule has 2 heterocycles. The number of carbonyl (C=O) groups excluding carboxylic acids is 2. The maximum Gasteiger partial charge on any atom is 0.324 e. The average Bonchev–Trinajstić information content (AvgIpc) is 3.01. The molecule has 1 aliphatic heterocycles. The van der Waals surface area contributed by atoms with Crippen molar-refractivity contribution in [2.75, 3.05) is 13.1 Å². The number of aryl methyl sites for hydroxylation is 1. The van der Waals surface area contributed by atoms with Crippen molar-refractivity contribution in [3.05, 3.63) is 11.4 Å². The van der Waals surface area contributed by atoms with Crippen molar-refractivity contribution in [2.24, 2.45) is 0 Å². The van der Waals surface area contributed by atoms with Crippen LogP contribution in [0.3, 0.4) is 0 Å². The van der Waals surface area contributed by atoms with E-state index in [4.69, 9.17) is 0 Å². The minimum atomic E-state index is -0.328. The number of nitrogens with one attached hydrogen (secondary N) is 1. The first kappa shape index (κ1) is 16.9. The fraction of sp³-hybridized carbons (Fsp3) is 0.667. The first-order valence-corrected chi connectivity index (χ1v) is 8.63. The number of imidazole rings is 1. The van der Waals surface area contributed by atoms with E-state index in [1.54, 1.807) is 0 Å². The summed E-state index contributed by atoms with van der Waals surface area (Å²) in [6.45, 7) is 9.93. The summed E-state index contributed by atoms with van der Waals surface area (Å²) in [5.41, 5.74) is 2.15. The lowest BCUT2D eigenvalue weighted by Gasteiger charge is -2.18. The van der Waals surface area contributed by atoms with E-state index in [2.05, 4.69) is 28.7 Å². The maximum absolute atomic E-state index is 12.4. The molecule has 1 N–H and O–H groups in total. The van der Waals surface area contributed by atoms with Gasteiger partial charge in [-0.25, -0.2) is 9.78 Å². The maximum atomic E-state index is 12.4. The third-order valence-corrected chi connectivity index (χ3v) is 4.99. The molecule has 0 saturated carbocycles. The van der Waals surface area contributed by atoms with Crippen molar-refractivity contribution in [3.8, 4) is 0 Å². The van der Waals surface area contributed by atoms with Crippen LogP contribution in [-0.2, 0) is 11.3 Å². The van der Waals surface area contributed by atoms with Crippen LogP contribution in [0.2, 0.25) is 0 Å². The zero-order chi connectivity index (χ0) is 16.3. The highest BCUT2D eigenvalue weighted by atomic mass is 32.2. The van der Waals surface area contributed by atoms with Gasteiger partial charge in [0.2, 0.25) is 5.91 Å². The Kier molecular flexibility index (Phi) is 5.50. The van der Waals surface area contributed by atoms with Crippen molar-refractivity contribution in [1.82, 2.24) is 19.8 Å². The molecule has 1 aliphatic rings. The third-order valence-electron chi connectivity index (χ3n) is 3.91. The second kappa shape index (κ2) is 7.17. The smallest absolute Gasteiger partial charge is 0.324 e. The molecule has 1 unspecified atom stereocenters. The van der Waals surface area contributed by atoms with E-state index >= 15 is 0 Å². The molecule has 1 fully saturated rings. The van der Waals surface area contributed by atoms with Crippen molar-refractivity contribution in [3.63, 3.8) is 0 Å². The topological polar surface area (TPSA) is 67.2 Å². The van der Waals surface area contributed by atoms with Crippen molar-refractivity contribution >= 4 is 23.7 Å². The number of nitrogens with zero attached hydrogens (tertiary/aromatic N) is 3. The summed E-state index contributed by atoms with van der Waals surface area (Å²) in [6.07, 6.45) is 2.20. The van der Waals surface area contributed by atoms with Crippen LogP contribution in [0.4, 0.5) is 4.79 Å². The number of unbranched alkanes of at least 4 members (excludes halogenated alkanes) is 1. The van der Waals surface area contributed by atoms with Gasteiger partial charge in [-0.05, 0) is 27.2 Å². The van der Waals surface area contributed by atoms with Gasteiger partial charge in [0, 0.05) is 25.3 Å². The number of aromatic nitrogens is 2. The van der Waals surface area contributed by atoms with Gasteiger partial charge in [0.15, 0.2) is 5.16 Å². The molecule has 0 aliphatic carbocycles. The summed E-state index contributed by atoms with van der Waals surface area (Å²) in [4.78, 5) is 29.9. The molecule has 122 valence electrons. The monoisotopic (exact) mass is 324 g/mol. The zero-order valence-corrected chi connectivity index (χ0v) is 14.5. The normalized spacial score (nSPS) is 16.0. The molecule has 1 saturated heterocycles. The fourth-order valence-corrected chi connectivity index (χ4v) is 3.49. The predicted octanol–water partition coefficient (Wildman–Crippen LogP) is 2.33. The largest absolute Gasteiger partial charge is 0.336 e. The molecule has 6 nitrogen and oxygen atoms in total. The highest BCUT2D eigenvalue weighted by Crippen LogP contribution is 2.27. The van der Waals surface area contributed by atoms with Crippen LogP contribution in [0, 0.1) is 13.8 Å². The van der Waals surface area contributed by atoms with Gasteiger partial charge in [0.05, 0.1) is 10.9 Å². The van der Waals surface area contributed by atoms with E-state index in [1.807, 2.05) is 13.8 Å². The van der Waals surface area contributed by atoms with Crippen molar-refractivity contribution in [1.29, 1.82) is 0 Å². The van der Waals surface area contributed by atoms with Gasteiger partial charge in [0.25, 0.3) is 0 Å². The SMILES string of the molecule is CCCCn1c(SC(C)C(=O)N2CCNC2=O)nc(C)c1C. The van der Waals surface area contributed by atoms with Crippen LogP contribution in [0.25, 0.3) is 0 Å². The van der Waals surface area contributed by atoms with E-state index in [0.29, 0.717) is 13.1 Å². The van der Waals surface area contributed by atoms with Crippen LogP contribution in [0.15, 0.2) is 5.16 Å². The summed E-state index contributed by atoms with van der Waals surface area (Å²) >= 11 is 1.43. The Morgan fingerprint density at radius 3 is 2.77 bits per heavy atom. The molecule has 3 amide bonds. The van der Waals surface area contributed by atoms with Crippen LogP contribution >= 0.6 is 11.8 Å². The number of carbonyl (C=O) groups is 2. The zero-order valence-electron chi connectivity index (χ0n) is 13.7. The average molecular weight is 324 g/mol. The van der Waals surface area contributed by atoms with E-state index in [9.17, 15) is 9.59 Å². The molecule has 0 bridgehead atoms. The minimum Gasteiger partial charge on any atom is -0.336 e. The molecule has 0 aromatic carbocycles. The van der Waals surface area contributed by atoms with Gasteiger partial charge in [-0.1, -0.05) is 25.1 Å². The van der Waals surface area contributed by atoms with Crippen molar-refractivity contribution < 1.29 is 9.59 Å². The van der Waals surface area contributed by atoms with Crippen LogP contribution in [0.1, 0.15) is 38.1 Å². The Bertz CT molecular complexity index is 570. The summed E-state index contributed by atoms with van der Waals surface area (Å²) in [5.74, 6) is -0.152. The Balaban J connectivity index is 2.10. The van der Waals surface area contributed by atoms with E-state index in [1.165, 1.54) is 16.7 Å². The second-order valence-electron chi connectivity index (χ2n) is 5.55. The Labute approximate surface area is 135 Å². The standard InChI is InChI=1S/C15H24N4O2S/c1-5-6-8-18-11(3)10(2)17-15(18)22-12(4)13(20)19-9-7-16-14(19)21/h12H,5-9H2,1-4H3,(H,16,21). The highest BCUT2D eigenvalue weighted by Gasteiger charge is 2.31. The predicted molar refractivity (Wildman–Crippen MR) is 87.0 cm³/mol. The quantitative estimate of drug-likeness (QED) is 0.816. The number of thioether (sulfide) groups is 1. The number of hydrogen-bond acceptors (Lipinski definition) is 4. The van der Waals surface area contributed by atoms with Crippen LogP contribution in [-0.4, -0.2) is 44.7 Å². The molecule has 7 heteroatoms. The highest BCUT2D eigenvalue weighted by molar-refractivity contribution is 8.00. The number of amides is 3. The number of imide groups is 1. The molecular formula is C15H24N4O2S. The summed E-state index contributed by atoms with van der Waals surface area (Å²) in [5, 5.41) is 3.19. The second-order valence-corrected chi connectivity index (χ2v) is 6.86. The Hall–Kier alpha value is -1.50. The first-order chi connectivity index (χ1) is 10.5. The molecule has 1 aromatic rings. The summed E-state index contributed by atoms with van der Waals surface area (Å²) in [7, 11) is 0. The molecule has 22 heavy (non-hydrogen) atoms. The van der Waals surface area contributed by atoms with Crippen LogP contribution < -0.4 is 5.32 Å². The Morgan fingerprint density at radius 2 is 2.18 bits per heavy atom. The molecule has 1 aromatic heterocycles.